The molecule has 5 nitrogen and oxygen atoms in total. The third kappa shape index (κ3) is 5.57. The van der Waals surface area contributed by atoms with Gasteiger partial charge in [0.05, 0.1) is 6.54 Å². The molecule has 1 aliphatic rings. The zero-order chi connectivity index (χ0) is 16.7. The van der Waals surface area contributed by atoms with E-state index < -0.39 is 0 Å². The Balaban J connectivity index is 1.90. The van der Waals surface area contributed by atoms with Crippen molar-refractivity contribution < 1.29 is 0 Å². The first kappa shape index (κ1) is 17.9. The van der Waals surface area contributed by atoms with Crippen LogP contribution in [0.5, 0.6) is 0 Å². The first-order valence-corrected chi connectivity index (χ1v) is 8.89. The van der Waals surface area contributed by atoms with Gasteiger partial charge in [-0.2, -0.15) is 0 Å². The molecular formula is C18H33N5. The zero-order valence-corrected chi connectivity index (χ0v) is 15.2. The van der Waals surface area contributed by atoms with Crippen molar-refractivity contribution in [3.63, 3.8) is 0 Å². The molecule has 1 aromatic rings. The van der Waals surface area contributed by atoms with Crippen molar-refractivity contribution in [3.8, 4) is 0 Å². The molecule has 0 bridgehead atoms. The highest BCUT2D eigenvalue weighted by Crippen LogP contribution is 2.19. The van der Waals surface area contributed by atoms with Crippen LogP contribution in [0.1, 0.15) is 45.6 Å². The molecule has 0 amide bonds. The highest BCUT2D eigenvalue weighted by molar-refractivity contribution is 5.79. The van der Waals surface area contributed by atoms with Crippen LogP contribution in [-0.2, 0) is 13.6 Å². The summed E-state index contributed by atoms with van der Waals surface area (Å²) in [6.07, 6.45) is 8.20. The van der Waals surface area contributed by atoms with Crippen molar-refractivity contribution in [2.45, 2.75) is 52.1 Å². The highest BCUT2D eigenvalue weighted by Gasteiger charge is 2.27. The van der Waals surface area contributed by atoms with Crippen LogP contribution in [0.25, 0.3) is 0 Å². The van der Waals surface area contributed by atoms with E-state index in [4.69, 9.17) is 4.99 Å². The number of nitrogens with one attached hydrogen (secondary N) is 2. The molecule has 5 heteroatoms. The van der Waals surface area contributed by atoms with Gasteiger partial charge >= 0.3 is 0 Å². The summed E-state index contributed by atoms with van der Waals surface area (Å²) in [5.41, 5.74) is 1.39. The molecule has 2 rings (SSSR count). The van der Waals surface area contributed by atoms with Gasteiger partial charge in [0.15, 0.2) is 5.96 Å². The SMILES string of the molecule is CCNC(=NCc1ccn(C)c1)NCC(C)(C)N1CCCCC1. The Kier molecular flexibility index (Phi) is 6.51. The molecule has 0 saturated carbocycles. The molecule has 1 saturated heterocycles. The van der Waals surface area contributed by atoms with Crippen molar-refractivity contribution in [2.75, 3.05) is 26.2 Å². The largest absolute Gasteiger partial charge is 0.357 e. The van der Waals surface area contributed by atoms with Crippen LogP contribution in [-0.4, -0.2) is 47.1 Å². The monoisotopic (exact) mass is 319 g/mol. The molecule has 0 atom stereocenters. The Morgan fingerprint density at radius 1 is 1.22 bits per heavy atom. The van der Waals surface area contributed by atoms with Crippen LogP contribution in [0, 0.1) is 0 Å². The van der Waals surface area contributed by atoms with Gasteiger partial charge in [-0.25, -0.2) is 4.99 Å². The van der Waals surface area contributed by atoms with Crippen molar-refractivity contribution in [1.29, 1.82) is 0 Å². The lowest BCUT2D eigenvalue weighted by atomic mass is 9.98. The van der Waals surface area contributed by atoms with Crippen LogP contribution in [0.15, 0.2) is 23.5 Å². The minimum Gasteiger partial charge on any atom is -0.357 e. The van der Waals surface area contributed by atoms with Crippen molar-refractivity contribution >= 4 is 5.96 Å². The third-order valence-corrected chi connectivity index (χ3v) is 4.56. The molecule has 130 valence electrons. The van der Waals surface area contributed by atoms with E-state index in [0.717, 1.165) is 19.0 Å². The summed E-state index contributed by atoms with van der Waals surface area (Å²) < 4.78 is 2.06. The Morgan fingerprint density at radius 2 is 1.96 bits per heavy atom. The predicted molar refractivity (Wildman–Crippen MR) is 97.7 cm³/mol. The number of aromatic nitrogens is 1. The first-order chi connectivity index (χ1) is 11.0. The van der Waals surface area contributed by atoms with Gasteiger partial charge in [0, 0.05) is 38.1 Å². The van der Waals surface area contributed by atoms with Crippen LogP contribution < -0.4 is 10.6 Å². The van der Waals surface area contributed by atoms with E-state index in [1.54, 1.807) is 0 Å². The first-order valence-electron chi connectivity index (χ1n) is 8.89. The van der Waals surface area contributed by atoms with Gasteiger partial charge in [-0.1, -0.05) is 6.42 Å². The molecule has 0 aromatic carbocycles. The lowest BCUT2D eigenvalue weighted by Gasteiger charge is -2.41. The summed E-state index contributed by atoms with van der Waals surface area (Å²) in [5, 5.41) is 6.87. The number of guanidine groups is 1. The summed E-state index contributed by atoms with van der Waals surface area (Å²) in [6, 6.07) is 2.12. The minimum absolute atomic E-state index is 0.156. The minimum atomic E-state index is 0.156. The van der Waals surface area contributed by atoms with Gasteiger partial charge in [-0.05, 0) is 58.3 Å². The molecule has 1 aliphatic heterocycles. The van der Waals surface area contributed by atoms with Gasteiger partial charge in [0.2, 0.25) is 0 Å². The second-order valence-corrected chi connectivity index (χ2v) is 7.09. The van der Waals surface area contributed by atoms with Crippen LogP contribution >= 0.6 is 0 Å². The topological polar surface area (TPSA) is 44.6 Å². The standard InChI is InChI=1S/C18H33N5/c1-5-19-17(20-13-16-9-12-22(4)14-16)21-15-18(2,3)23-10-7-6-8-11-23/h9,12,14H,5-8,10-11,13,15H2,1-4H3,(H2,19,20,21). The molecular weight excluding hydrogens is 286 g/mol. The van der Waals surface area contributed by atoms with E-state index in [-0.39, 0.29) is 5.54 Å². The lowest BCUT2D eigenvalue weighted by Crippen LogP contribution is -2.54. The zero-order valence-electron chi connectivity index (χ0n) is 15.2. The molecule has 0 aliphatic carbocycles. The fourth-order valence-electron chi connectivity index (χ4n) is 3.08. The van der Waals surface area contributed by atoms with Crippen LogP contribution in [0.4, 0.5) is 0 Å². The smallest absolute Gasteiger partial charge is 0.191 e. The van der Waals surface area contributed by atoms with Gasteiger partial charge < -0.3 is 15.2 Å². The molecule has 0 radical (unpaired) electrons. The number of hydrogen-bond donors (Lipinski definition) is 2. The maximum absolute atomic E-state index is 4.71. The number of aliphatic imine (C=N–C) groups is 1. The van der Waals surface area contributed by atoms with Gasteiger partial charge in [0.25, 0.3) is 0 Å². The van der Waals surface area contributed by atoms with Gasteiger partial charge in [-0.15, -0.1) is 0 Å². The molecule has 2 heterocycles. The fourth-order valence-corrected chi connectivity index (χ4v) is 3.08. The maximum Gasteiger partial charge on any atom is 0.191 e. The van der Waals surface area contributed by atoms with E-state index in [9.17, 15) is 0 Å². The number of rotatable bonds is 6. The van der Waals surface area contributed by atoms with E-state index in [2.05, 4.69) is 59.3 Å². The molecule has 1 aromatic heterocycles. The van der Waals surface area contributed by atoms with Crippen molar-refractivity contribution in [2.24, 2.45) is 12.0 Å². The average molecular weight is 319 g/mol. The number of nitrogens with zero attached hydrogens (tertiary/aromatic N) is 3. The highest BCUT2D eigenvalue weighted by atomic mass is 15.2. The van der Waals surface area contributed by atoms with Gasteiger partial charge in [0.1, 0.15) is 0 Å². The predicted octanol–water partition coefficient (Wildman–Crippen LogP) is 2.34. The maximum atomic E-state index is 4.71. The van der Waals surface area contributed by atoms with E-state index in [1.165, 1.54) is 37.9 Å². The van der Waals surface area contributed by atoms with Crippen molar-refractivity contribution in [1.82, 2.24) is 20.1 Å². The quantitative estimate of drug-likeness (QED) is 0.625. The molecule has 0 unspecified atom stereocenters. The van der Waals surface area contributed by atoms with Gasteiger partial charge in [-0.3, -0.25) is 4.90 Å². The summed E-state index contributed by atoms with van der Waals surface area (Å²) in [6.45, 7) is 11.7. The van der Waals surface area contributed by atoms with Crippen LogP contribution in [0.2, 0.25) is 0 Å². The number of hydrogen-bond acceptors (Lipinski definition) is 2. The number of piperidine rings is 1. The summed E-state index contributed by atoms with van der Waals surface area (Å²) in [7, 11) is 2.04. The Morgan fingerprint density at radius 3 is 2.57 bits per heavy atom. The molecule has 0 spiro atoms. The Labute approximate surface area is 141 Å². The number of aryl methyl sites for hydroxylation is 1. The van der Waals surface area contributed by atoms with Crippen LogP contribution in [0.3, 0.4) is 0 Å². The van der Waals surface area contributed by atoms with E-state index in [1.807, 2.05) is 7.05 Å². The van der Waals surface area contributed by atoms with E-state index in [0.29, 0.717) is 6.54 Å². The normalized spacial score (nSPS) is 17.3. The summed E-state index contributed by atoms with van der Waals surface area (Å²) in [4.78, 5) is 7.31. The van der Waals surface area contributed by atoms with Crippen molar-refractivity contribution in [3.05, 3.63) is 24.0 Å². The Hall–Kier alpha value is -1.49. The second kappa shape index (κ2) is 8.39. The second-order valence-electron chi connectivity index (χ2n) is 7.09. The van der Waals surface area contributed by atoms with E-state index >= 15 is 0 Å². The summed E-state index contributed by atoms with van der Waals surface area (Å²) in [5.74, 6) is 0.904. The summed E-state index contributed by atoms with van der Waals surface area (Å²) >= 11 is 0. The molecule has 23 heavy (non-hydrogen) atoms. The average Bonchev–Trinajstić information content (AvgIpc) is 2.96. The number of likely N-dealkylation sites (tertiary alicyclic amines) is 1. The lowest BCUT2D eigenvalue weighted by molar-refractivity contribution is 0.0982. The third-order valence-electron chi connectivity index (χ3n) is 4.56. The Bertz CT molecular complexity index is 497. The molecule has 1 fully saturated rings. The molecule has 2 N–H and O–H groups in total. The fraction of sp³-hybridized carbons (Fsp3) is 0.722.